The van der Waals surface area contributed by atoms with Crippen LogP contribution in [0.3, 0.4) is 0 Å². The van der Waals surface area contributed by atoms with Gasteiger partial charge >= 0.3 is 0 Å². The first-order chi connectivity index (χ1) is 10.6. The Morgan fingerprint density at radius 3 is 2.32 bits per heavy atom. The van der Waals surface area contributed by atoms with E-state index in [1.807, 2.05) is 19.9 Å². The highest BCUT2D eigenvalue weighted by Gasteiger charge is 2.12. The minimum atomic E-state index is -0.275. The van der Waals surface area contributed by atoms with Crippen molar-refractivity contribution in [3.8, 4) is 21.0 Å². The fourth-order valence-corrected chi connectivity index (χ4v) is 2.90. The van der Waals surface area contributed by atoms with Gasteiger partial charge in [-0.25, -0.2) is 13.8 Å². The number of thiazole rings is 1. The lowest BCUT2D eigenvalue weighted by molar-refractivity contribution is 0.622. The van der Waals surface area contributed by atoms with Gasteiger partial charge in [-0.3, -0.25) is 0 Å². The highest BCUT2D eigenvalue weighted by Crippen LogP contribution is 2.33. The van der Waals surface area contributed by atoms with E-state index in [1.54, 1.807) is 37.4 Å². The Labute approximate surface area is 133 Å². The molecule has 22 heavy (non-hydrogen) atoms. The predicted molar refractivity (Wildman–Crippen MR) is 89.0 cm³/mol. The molecular formula is C18H17F2NS. The Kier molecular flexibility index (Phi) is 5.39. The van der Waals surface area contributed by atoms with Gasteiger partial charge in [0.15, 0.2) is 0 Å². The van der Waals surface area contributed by atoms with Crippen LogP contribution in [0.5, 0.6) is 0 Å². The molecule has 0 saturated heterocycles. The van der Waals surface area contributed by atoms with E-state index in [9.17, 15) is 8.78 Å². The van der Waals surface area contributed by atoms with Crippen LogP contribution < -0.4 is 0 Å². The highest BCUT2D eigenvalue weighted by molar-refractivity contribution is 7.18. The van der Waals surface area contributed by atoms with E-state index >= 15 is 0 Å². The summed E-state index contributed by atoms with van der Waals surface area (Å²) in [5.74, 6) is -0.518. The van der Waals surface area contributed by atoms with Crippen molar-refractivity contribution in [2.75, 3.05) is 0 Å². The van der Waals surface area contributed by atoms with Crippen LogP contribution in [0.25, 0.3) is 21.0 Å². The normalized spacial score (nSPS) is 10.0. The monoisotopic (exact) mass is 317 g/mol. The van der Waals surface area contributed by atoms with Crippen LogP contribution in [-0.2, 0) is 0 Å². The summed E-state index contributed by atoms with van der Waals surface area (Å²) in [6.07, 6.45) is 1.69. The van der Waals surface area contributed by atoms with Crippen molar-refractivity contribution < 1.29 is 8.78 Å². The summed E-state index contributed by atoms with van der Waals surface area (Å²) in [7, 11) is 0. The largest absolute Gasteiger partial charge is 0.244 e. The Morgan fingerprint density at radius 2 is 1.64 bits per heavy atom. The molecule has 4 heteroatoms. The van der Waals surface area contributed by atoms with Crippen molar-refractivity contribution in [1.82, 2.24) is 4.98 Å². The predicted octanol–water partition coefficient (Wildman–Crippen LogP) is 6.09. The van der Waals surface area contributed by atoms with Crippen LogP contribution in [-0.4, -0.2) is 4.98 Å². The van der Waals surface area contributed by atoms with Crippen molar-refractivity contribution in [2.45, 2.75) is 20.8 Å². The van der Waals surface area contributed by atoms with Crippen LogP contribution in [0, 0.1) is 18.6 Å². The zero-order chi connectivity index (χ0) is 16.1. The molecule has 1 nitrogen and oxygen atoms in total. The van der Waals surface area contributed by atoms with E-state index < -0.39 is 0 Å². The molecule has 0 saturated carbocycles. The van der Waals surface area contributed by atoms with E-state index in [0.717, 1.165) is 10.4 Å². The van der Waals surface area contributed by atoms with Crippen LogP contribution in [0.2, 0.25) is 0 Å². The van der Waals surface area contributed by atoms with Gasteiger partial charge in [0.25, 0.3) is 0 Å². The number of rotatable bonds is 2. The molecule has 0 radical (unpaired) electrons. The number of benzene rings is 2. The fraction of sp³-hybridized carbons (Fsp3) is 0.167. The first-order valence-electron chi connectivity index (χ1n) is 7.12. The lowest BCUT2D eigenvalue weighted by Gasteiger charge is -2.01. The van der Waals surface area contributed by atoms with Crippen LogP contribution in [0.15, 0.2) is 48.7 Å². The van der Waals surface area contributed by atoms with Crippen LogP contribution in [0.1, 0.15) is 19.4 Å². The Balaban J connectivity index is 0.000000847. The molecule has 0 aliphatic rings. The van der Waals surface area contributed by atoms with Gasteiger partial charge in [0.1, 0.15) is 16.6 Å². The summed E-state index contributed by atoms with van der Waals surface area (Å²) in [4.78, 5) is 5.16. The van der Waals surface area contributed by atoms with E-state index in [4.69, 9.17) is 0 Å². The number of halogens is 2. The second-order valence-electron chi connectivity index (χ2n) is 4.47. The maximum absolute atomic E-state index is 14.1. The third kappa shape index (κ3) is 3.39. The zero-order valence-electron chi connectivity index (χ0n) is 12.7. The lowest BCUT2D eigenvalue weighted by Crippen LogP contribution is -1.86. The molecule has 0 fully saturated rings. The number of aryl methyl sites for hydroxylation is 1. The number of aromatic nitrogens is 1. The van der Waals surface area contributed by atoms with E-state index in [1.165, 1.54) is 23.5 Å². The average Bonchev–Trinajstić information content (AvgIpc) is 3.02. The Morgan fingerprint density at radius 1 is 0.955 bits per heavy atom. The lowest BCUT2D eigenvalue weighted by atomic mass is 10.1. The molecule has 0 spiro atoms. The number of nitrogens with zero attached hydrogens (tertiary/aromatic N) is 1. The standard InChI is InChI=1S/C16H11F2NS.C2H6/c1-10-3-2-4-13(15(10)18)16-19-9-14(20-16)11-5-7-12(17)8-6-11;1-2/h2-9H,1H3;1-2H3. The summed E-state index contributed by atoms with van der Waals surface area (Å²) >= 11 is 1.39. The molecule has 0 amide bonds. The molecule has 1 aromatic heterocycles. The Bertz CT molecular complexity index is 748. The molecule has 0 unspecified atom stereocenters. The molecular weight excluding hydrogens is 300 g/mol. The van der Waals surface area contributed by atoms with Gasteiger partial charge in [-0.1, -0.05) is 38.1 Å². The Hall–Kier alpha value is -2.07. The fourth-order valence-electron chi connectivity index (χ4n) is 1.96. The average molecular weight is 317 g/mol. The second-order valence-corrected chi connectivity index (χ2v) is 5.50. The minimum Gasteiger partial charge on any atom is -0.244 e. The zero-order valence-corrected chi connectivity index (χ0v) is 13.5. The third-order valence-electron chi connectivity index (χ3n) is 3.06. The molecule has 3 aromatic rings. The summed E-state index contributed by atoms with van der Waals surface area (Å²) in [6.45, 7) is 5.73. The van der Waals surface area contributed by atoms with Crippen molar-refractivity contribution >= 4 is 11.3 Å². The van der Waals surface area contributed by atoms with E-state index in [2.05, 4.69) is 4.98 Å². The highest BCUT2D eigenvalue weighted by atomic mass is 32.1. The molecule has 2 aromatic carbocycles. The maximum Gasteiger partial charge on any atom is 0.136 e. The van der Waals surface area contributed by atoms with Crippen molar-refractivity contribution in [1.29, 1.82) is 0 Å². The first kappa shape index (κ1) is 16.3. The SMILES string of the molecule is CC.Cc1cccc(-c2ncc(-c3ccc(F)cc3)s2)c1F. The van der Waals surface area contributed by atoms with Gasteiger partial charge in [0, 0.05) is 11.8 Å². The third-order valence-corrected chi connectivity index (χ3v) is 4.14. The van der Waals surface area contributed by atoms with Gasteiger partial charge < -0.3 is 0 Å². The van der Waals surface area contributed by atoms with Gasteiger partial charge in [-0.05, 0) is 36.2 Å². The van der Waals surface area contributed by atoms with Gasteiger partial charge in [-0.15, -0.1) is 11.3 Å². The first-order valence-corrected chi connectivity index (χ1v) is 7.94. The molecule has 0 aliphatic carbocycles. The molecule has 0 N–H and O–H groups in total. The number of hydrogen-bond acceptors (Lipinski definition) is 2. The van der Waals surface area contributed by atoms with Crippen molar-refractivity contribution in [2.24, 2.45) is 0 Å². The van der Waals surface area contributed by atoms with Gasteiger partial charge in [0.2, 0.25) is 0 Å². The van der Waals surface area contributed by atoms with Crippen molar-refractivity contribution in [3.05, 3.63) is 65.9 Å². The molecule has 3 rings (SSSR count). The van der Waals surface area contributed by atoms with Crippen LogP contribution >= 0.6 is 11.3 Å². The molecule has 0 aliphatic heterocycles. The second kappa shape index (κ2) is 7.27. The summed E-state index contributed by atoms with van der Waals surface area (Å²) in [5.41, 5.74) is 1.98. The number of hydrogen-bond donors (Lipinski definition) is 0. The van der Waals surface area contributed by atoms with Gasteiger partial charge in [-0.2, -0.15) is 0 Å². The smallest absolute Gasteiger partial charge is 0.136 e. The molecule has 1 heterocycles. The maximum atomic E-state index is 14.1. The quantitative estimate of drug-likeness (QED) is 0.557. The summed E-state index contributed by atoms with van der Waals surface area (Å²) in [6, 6.07) is 11.5. The van der Waals surface area contributed by atoms with Crippen LogP contribution in [0.4, 0.5) is 8.78 Å². The summed E-state index contributed by atoms with van der Waals surface area (Å²) < 4.78 is 27.0. The summed E-state index contributed by atoms with van der Waals surface area (Å²) in [5, 5.41) is 0.630. The van der Waals surface area contributed by atoms with E-state index in [0.29, 0.717) is 16.1 Å². The minimum absolute atomic E-state index is 0.243. The molecule has 114 valence electrons. The molecule has 0 bridgehead atoms. The topological polar surface area (TPSA) is 12.9 Å². The van der Waals surface area contributed by atoms with E-state index in [-0.39, 0.29) is 11.6 Å². The molecule has 0 atom stereocenters. The van der Waals surface area contributed by atoms with Gasteiger partial charge in [0.05, 0.1) is 4.88 Å². The van der Waals surface area contributed by atoms with Crippen molar-refractivity contribution in [3.63, 3.8) is 0 Å².